The second kappa shape index (κ2) is 9.73. The fourth-order valence-corrected chi connectivity index (χ4v) is 3.95. The van der Waals surface area contributed by atoms with E-state index in [1.54, 1.807) is 14.2 Å². The van der Waals surface area contributed by atoms with Crippen LogP contribution in [0.25, 0.3) is 22.3 Å². The zero-order valence-electron chi connectivity index (χ0n) is 19.4. The summed E-state index contributed by atoms with van der Waals surface area (Å²) in [5, 5.41) is 8.80. The van der Waals surface area contributed by atoms with Crippen molar-refractivity contribution in [2.45, 2.75) is 33.4 Å². The van der Waals surface area contributed by atoms with Crippen LogP contribution < -0.4 is 14.8 Å². The van der Waals surface area contributed by atoms with Gasteiger partial charge in [0, 0.05) is 30.3 Å². The summed E-state index contributed by atoms with van der Waals surface area (Å²) in [5.41, 5.74) is 5.44. The van der Waals surface area contributed by atoms with E-state index < -0.39 is 0 Å². The molecule has 0 bridgehead atoms. The third-order valence-electron chi connectivity index (χ3n) is 5.57. The van der Waals surface area contributed by atoms with Crippen LogP contribution in [0.1, 0.15) is 23.2 Å². The van der Waals surface area contributed by atoms with Gasteiger partial charge in [-0.2, -0.15) is 5.10 Å². The monoisotopic (exact) mass is 444 g/mol. The summed E-state index contributed by atoms with van der Waals surface area (Å²) in [5.74, 6) is 1.34. The number of aromatic nitrogens is 3. The van der Waals surface area contributed by atoms with E-state index in [-0.39, 0.29) is 5.91 Å². The Hall–Kier alpha value is -3.87. The molecule has 0 radical (unpaired) electrons. The van der Waals surface area contributed by atoms with Gasteiger partial charge in [0.05, 0.1) is 26.2 Å². The molecule has 0 saturated carbocycles. The van der Waals surface area contributed by atoms with E-state index in [1.165, 1.54) is 0 Å². The Bertz CT molecular complexity index is 1280. The van der Waals surface area contributed by atoms with Crippen molar-refractivity contribution in [1.29, 1.82) is 0 Å². The van der Waals surface area contributed by atoms with Crippen molar-refractivity contribution in [3.63, 3.8) is 0 Å². The van der Waals surface area contributed by atoms with Crippen molar-refractivity contribution in [3.8, 4) is 22.8 Å². The van der Waals surface area contributed by atoms with Crippen molar-refractivity contribution in [2.24, 2.45) is 0 Å². The highest BCUT2D eigenvalue weighted by Crippen LogP contribution is 2.37. The molecule has 0 aliphatic rings. The lowest BCUT2D eigenvalue weighted by molar-refractivity contribution is -0.121. The first-order valence-electron chi connectivity index (χ1n) is 10.9. The summed E-state index contributed by atoms with van der Waals surface area (Å²) in [6, 6.07) is 17.6. The lowest BCUT2D eigenvalue weighted by Gasteiger charge is -2.09. The summed E-state index contributed by atoms with van der Waals surface area (Å²) >= 11 is 0. The number of amides is 1. The van der Waals surface area contributed by atoms with E-state index in [0.717, 1.165) is 39.1 Å². The quantitative estimate of drug-likeness (QED) is 0.435. The van der Waals surface area contributed by atoms with Gasteiger partial charge in [0.15, 0.2) is 5.65 Å². The van der Waals surface area contributed by atoms with Crippen molar-refractivity contribution >= 4 is 16.9 Å². The molecular formula is C26H28N4O3. The van der Waals surface area contributed by atoms with Crippen LogP contribution in [-0.4, -0.2) is 34.9 Å². The summed E-state index contributed by atoms with van der Waals surface area (Å²) in [7, 11) is 3.25. The molecule has 2 heterocycles. The highest BCUT2D eigenvalue weighted by molar-refractivity contribution is 5.95. The molecule has 1 N–H and O–H groups in total. The van der Waals surface area contributed by atoms with Gasteiger partial charge in [-0.25, -0.2) is 9.67 Å². The summed E-state index contributed by atoms with van der Waals surface area (Å²) < 4.78 is 12.8. The Kier molecular flexibility index (Phi) is 6.58. The number of benzene rings is 2. The molecule has 0 atom stereocenters. The molecular weight excluding hydrogens is 416 g/mol. The number of hydrogen-bond acceptors (Lipinski definition) is 5. The van der Waals surface area contributed by atoms with E-state index in [0.29, 0.717) is 31.0 Å². The number of aryl methyl sites for hydroxylation is 3. The smallest absolute Gasteiger partial charge is 0.222 e. The molecule has 170 valence electrons. The number of hydrogen-bond donors (Lipinski definition) is 1. The van der Waals surface area contributed by atoms with Crippen LogP contribution in [0, 0.1) is 13.8 Å². The minimum absolute atomic E-state index is 0.0320. The maximum absolute atomic E-state index is 12.5. The van der Waals surface area contributed by atoms with Gasteiger partial charge >= 0.3 is 0 Å². The first-order chi connectivity index (χ1) is 16.0. The van der Waals surface area contributed by atoms with E-state index >= 15 is 0 Å². The third-order valence-corrected chi connectivity index (χ3v) is 5.57. The first kappa shape index (κ1) is 22.3. The Morgan fingerprint density at radius 2 is 1.82 bits per heavy atom. The fourth-order valence-electron chi connectivity index (χ4n) is 3.95. The molecule has 2 aromatic heterocycles. The molecule has 0 aliphatic heterocycles. The number of nitrogens with one attached hydrogen (secondary N) is 1. The SMILES string of the molecule is COc1ccc(-c2nn(CCC(=O)NCc3ccccc3)c3nc(C)cc(C)c23)c(OC)c1. The standard InChI is InChI=1S/C26H28N4O3/c1-17-14-18(2)28-26-24(17)25(21-11-10-20(32-3)15-22(21)33-4)29-30(26)13-12-23(31)27-16-19-8-6-5-7-9-19/h5-11,14-15H,12-13,16H2,1-4H3,(H,27,31). The predicted octanol–water partition coefficient (Wildman–Crippen LogP) is 4.44. The first-order valence-corrected chi connectivity index (χ1v) is 10.9. The molecule has 4 rings (SSSR count). The highest BCUT2D eigenvalue weighted by Gasteiger charge is 2.20. The minimum atomic E-state index is -0.0320. The van der Waals surface area contributed by atoms with E-state index in [2.05, 4.69) is 12.2 Å². The molecule has 4 aromatic rings. The zero-order chi connectivity index (χ0) is 23.4. The molecule has 0 unspecified atom stereocenters. The summed E-state index contributed by atoms with van der Waals surface area (Å²) in [6.45, 7) is 4.94. The molecule has 33 heavy (non-hydrogen) atoms. The predicted molar refractivity (Wildman–Crippen MR) is 128 cm³/mol. The molecule has 7 heteroatoms. The average molecular weight is 445 g/mol. The molecule has 0 fully saturated rings. The van der Waals surface area contributed by atoms with E-state index in [9.17, 15) is 4.79 Å². The van der Waals surface area contributed by atoms with Gasteiger partial charge in [0.2, 0.25) is 5.91 Å². The second-order valence-electron chi connectivity index (χ2n) is 7.93. The number of ether oxygens (including phenoxy) is 2. The Balaban J connectivity index is 1.64. The molecule has 0 saturated heterocycles. The topological polar surface area (TPSA) is 78.3 Å². The maximum Gasteiger partial charge on any atom is 0.222 e. The van der Waals surface area contributed by atoms with Gasteiger partial charge in [-0.15, -0.1) is 0 Å². The van der Waals surface area contributed by atoms with Gasteiger partial charge < -0.3 is 14.8 Å². The van der Waals surface area contributed by atoms with Gasteiger partial charge in [0.25, 0.3) is 0 Å². The number of pyridine rings is 1. The van der Waals surface area contributed by atoms with Crippen LogP contribution in [-0.2, 0) is 17.9 Å². The van der Waals surface area contributed by atoms with Gasteiger partial charge in [-0.1, -0.05) is 30.3 Å². The van der Waals surface area contributed by atoms with Gasteiger partial charge in [-0.05, 0) is 43.2 Å². The Morgan fingerprint density at radius 1 is 1.03 bits per heavy atom. The third kappa shape index (κ3) is 4.82. The Labute approximate surface area is 193 Å². The molecule has 0 spiro atoms. The molecule has 7 nitrogen and oxygen atoms in total. The van der Waals surface area contributed by atoms with E-state index in [1.807, 2.05) is 66.2 Å². The largest absolute Gasteiger partial charge is 0.497 e. The summed E-state index contributed by atoms with van der Waals surface area (Å²) in [4.78, 5) is 17.2. The number of rotatable bonds is 8. The van der Waals surface area contributed by atoms with Crippen molar-refractivity contribution in [3.05, 3.63) is 71.4 Å². The Morgan fingerprint density at radius 3 is 2.55 bits per heavy atom. The maximum atomic E-state index is 12.5. The molecule has 0 aliphatic carbocycles. The van der Waals surface area contributed by atoms with E-state index in [4.69, 9.17) is 19.6 Å². The number of carbonyl (C=O) groups is 1. The number of carbonyl (C=O) groups excluding carboxylic acids is 1. The van der Waals surface area contributed by atoms with Crippen LogP contribution in [0.15, 0.2) is 54.6 Å². The lowest BCUT2D eigenvalue weighted by Crippen LogP contribution is -2.24. The van der Waals surface area contributed by atoms with Gasteiger partial charge in [-0.3, -0.25) is 4.79 Å². The van der Waals surface area contributed by atoms with Crippen LogP contribution in [0.2, 0.25) is 0 Å². The van der Waals surface area contributed by atoms with Crippen LogP contribution in [0.3, 0.4) is 0 Å². The van der Waals surface area contributed by atoms with Crippen LogP contribution in [0.5, 0.6) is 11.5 Å². The number of methoxy groups -OCH3 is 2. The normalized spacial score (nSPS) is 10.9. The van der Waals surface area contributed by atoms with Crippen LogP contribution >= 0.6 is 0 Å². The van der Waals surface area contributed by atoms with Crippen molar-refractivity contribution in [1.82, 2.24) is 20.1 Å². The van der Waals surface area contributed by atoms with Crippen molar-refractivity contribution in [2.75, 3.05) is 14.2 Å². The minimum Gasteiger partial charge on any atom is -0.497 e. The zero-order valence-corrected chi connectivity index (χ0v) is 19.4. The molecule has 2 aromatic carbocycles. The summed E-state index contributed by atoms with van der Waals surface area (Å²) in [6.07, 6.45) is 0.303. The van der Waals surface area contributed by atoms with Gasteiger partial charge in [0.1, 0.15) is 17.2 Å². The fraction of sp³-hybridized carbons (Fsp3) is 0.269. The van der Waals surface area contributed by atoms with Crippen molar-refractivity contribution < 1.29 is 14.3 Å². The van der Waals surface area contributed by atoms with Crippen LogP contribution in [0.4, 0.5) is 0 Å². The number of nitrogens with zero attached hydrogens (tertiary/aromatic N) is 3. The second-order valence-corrected chi connectivity index (χ2v) is 7.93. The lowest BCUT2D eigenvalue weighted by atomic mass is 10.0. The average Bonchev–Trinajstić information content (AvgIpc) is 3.20. The number of fused-ring (bicyclic) bond motifs is 1. The molecule has 1 amide bonds. The highest BCUT2D eigenvalue weighted by atomic mass is 16.5.